The van der Waals surface area contributed by atoms with Crippen molar-refractivity contribution in [2.45, 2.75) is 38.3 Å². The fraction of sp³-hybridized carbons (Fsp3) is 0.345. The topological polar surface area (TPSA) is 106 Å². The van der Waals surface area contributed by atoms with Crippen LogP contribution in [0.25, 0.3) is 22.2 Å². The number of amides is 1. The van der Waals surface area contributed by atoms with E-state index in [1.165, 1.54) is 5.56 Å². The molecule has 2 aliphatic rings. The maximum Gasteiger partial charge on any atom is 0.231 e. The van der Waals surface area contributed by atoms with Crippen molar-refractivity contribution in [1.82, 2.24) is 19.4 Å². The van der Waals surface area contributed by atoms with Crippen LogP contribution in [0.3, 0.4) is 0 Å². The van der Waals surface area contributed by atoms with Gasteiger partial charge >= 0.3 is 0 Å². The zero-order valence-electron chi connectivity index (χ0n) is 21.2. The minimum Gasteiger partial charge on any atom is -0.383 e. The molecule has 0 saturated carbocycles. The molecule has 4 heterocycles. The molecular formula is C29H33N7O. The average Bonchev–Trinajstić information content (AvgIpc) is 3.52. The molecule has 0 aliphatic carbocycles. The molecule has 8 nitrogen and oxygen atoms in total. The molecular weight excluding hydrogens is 462 g/mol. The van der Waals surface area contributed by atoms with Crippen LogP contribution in [0.1, 0.15) is 35.6 Å². The van der Waals surface area contributed by atoms with Gasteiger partial charge in [-0.15, -0.1) is 0 Å². The summed E-state index contributed by atoms with van der Waals surface area (Å²) in [6, 6.07) is 14.7. The van der Waals surface area contributed by atoms with E-state index in [0.29, 0.717) is 31.4 Å². The van der Waals surface area contributed by atoms with Gasteiger partial charge in [-0.25, -0.2) is 9.97 Å². The molecule has 1 saturated heterocycles. The van der Waals surface area contributed by atoms with Crippen molar-refractivity contribution in [2.24, 2.45) is 5.73 Å². The zero-order valence-corrected chi connectivity index (χ0v) is 21.2. The minimum atomic E-state index is 0.109. The molecule has 0 radical (unpaired) electrons. The second-order valence-electron chi connectivity index (χ2n) is 10.3. The number of carbonyl (C=O) groups excluding carboxylic acids is 1. The summed E-state index contributed by atoms with van der Waals surface area (Å²) in [5.74, 6) is 0.612. The molecule has 37 heavy (non-hydrogen) atoms. The Hall–Kier alpha value is -3.75. The van der Waals surface area contributed by atoms with E-state index in [0.717, 1.165) is 71.3 Å². The van der Waals surface area contributed by atoms with Gasteiger partial charge in [-0.05, 0) is 73.8 Å². The molecule has 0 spiro atoms. The predicted molar refractivity (Wildman–Crippen MR) is 147 cm³/mol. The number of likely N-dealkylation sites (tertiary alicyclic amines) is 1. The molecule has 6 rings (SSSR count). The Morgan fingerprint density at radius 3 is 2.68 bits per heavy atom. The van der Waals surface area contributed by atoms with Crippen molar-refractivity contribution >= 4 is 28.4 Å². The van der Waals surface area contributed by atoms with Crippen LogP contribution in [0.2, 0.25) is 0 Å². The van der Waals surface area contributed by atoms with E-state index in [-0.39, 0.29) is 5.91 Å². The van der Waals surface area contributed by atoms with Gasteiger partial charge in [-0.1, -0.05) is 30.3 Å². The van der Waals surface area contributed by atoms with Crippen molar-refractivity contribution in [3.8, 4) is 11.1 Å². The van der Waals surface area contributed by atoms with Crippen LogP contribution in [-0.2, 0) is 24.2 Å². The fourth-order valence-corrected chi connectivity index (χ4v) is 5.84. The predicted octanol–water partition coefficient (Wildman–Crippen LogP) is 3.54. The first-order valence-electron chi connectivity index (χ1n) is 13.0. The molecule has 0 atom stereocenters. The molecule has 0 unspecified atom stereocenters. The van der Waals surface area contributed by atoms with Crippen LogP contribution in [-0.4, -0.2) is 52.0 Å². The van der Waals surface area contributed by atoms with E-state index in [2.05, 4.69) is 50.9 Å². The maximum absolute atomic E-state index is 13.2. The summed E-state index contributed by atoms with van der Waals surface area (Å²) >= 11 is 0. The highest BCUT2D eigenvalue weighted by molar-refractivity contribution is 6.02. The molecule has 0 bridgehead atoms. The number of piperidine rings is 1. The summed E-state index contributed by atoms with van der Waals surface area (Å²) in [4.78, 5) is 26.4. The average molecular weight is 496 g/mol. The third kappa shape index (κ3) is 4.36. The Morgan fingerprint density at radius 1 is 1.05 bits per heavy atom. The molecule has 190 valence electrons. The van der Waals surface area contributed by atoms with E-state index in [9.17, 15) is 4.79 Å². The van der Waals surface area contributed by atoms with E-state index >= 15 is 0 Å². The first kappa shape index (κ1) is 23.6. The van der Waals surface area contributed by atoms with Gasteiger partial charge in [-0.3, -0.25) is 4.79 Å². The monoisotopic (exact) mass is 495 g/mol. The number of fused-ring (bicyclic) bond motifs is 2. The Kier molecular flexibility index (Phi) is 6.14. The Labute approximate surface area is 216 Å². The number of benzene rings is 2. The molecule has 2 aliphatic heterocycles. The van der Waals surface area contributed by atoms with Crippen molar-refractivity contribution in [3.05, 3.63) is 71.7 Å². The smallest absolute Gasteiger partial charge is 0.231 e. The molecule has 1 fully saturated rings. The number of hydrogen-bond acceptors (Lipinski definition) is 6. The number of nitrogens with two attached hydrogens (primary N) is 2. The lowest BCUT2D eigenvalue weighted by atomic mass is 10.0. The lowest BCUT2D eigenvalue weighted by Crippen LogP contribution is -2.31. The van der Waals surface area contributed by atoms with Crippen LogP contribution in [0.4, 0.5) is 11.5 Å². The summed E-state index contributed by atoms with van der Waals surface area (Å²) < 4.78 is 2.30. The van der Waals surface area contributed by atoms with Gasteiger partial charge < -0.3 is 25.8 Å². The van der Waals surface area contributed by atoms with Crippen molar-refractivity contribution in [1.29, 1.82) is 0 Å². The number of rotatable bonds is 5. The third-order valence-corrected chi connectivity index (χ3v) is 7.89. The lowest BCUT2D eigenvalue weighted by Gasteiger charge is -2.30. The normalized spacial score (nSPS) is 16.4. The van der Waals surface area contributed by atoms with Gasteiger partial charge in [0.25, 0.3) is 0 Å². The number of aromatic nitrogens is 3. The quantitative estimate of drug-likeness (QED) is 0.439. The summed E-state index contributed by atoms with van der Waals surface area (Å²) in [5, 5.41) is 0.909. The highest BCUT2D eigenvalue weighted by Gasteiger charge is 2.27. The molecule has 4 aromatic rings. The Morgan fingerprint density at radius 2 is 1.86 bits per heavy atom. The summed E-state index contributed by atoms with van der Waals surface area (Å²) in [5.41, 5.74) is 19.4. The first-order valence-corrected chi connectivity index (χ1v) is 13.0. The third-order valence-electron chi connectivity index (χ3n) is 7.89. The van der Waals surface area contributed by atoms with Gasteiger partial charge in [0, 0.05) is 36.6 Å². The molecule has 2 aromatic carbocycles. The van der Waals surface area contributed by atoms with Crippen LogP contribution in [0.15, 0.2) is 55.0 Å². The van der Waals surface area contributed by atoms with Gasteiger partial charge in [0.05, 0.1) is 11.8 Å². The fourth-order valence-electron chi connectivity index (χ4n) is 5.84. The summed E-state index contributed by atoms with van der Waals surface area (Å²) in [7, 11) is 2.17. The first-order chi connectivity index (χ1) is 18.0. The van der Waals surface area contributed by atoms with Crippen molar-refractivity contribution in [2.75, 3.05) is 37.3 Å². The second-order valence-corrected chi connectivity index (χ2v) is 10.3. The number of carbonyl (C=O) groups is 1. The van der Waals surface area contributed by atoms with Gasteiger partial charge in [-0.2, -0.15) is 0 Å². The van der Waals surface area contributed by atoms with Crippen LogP contribution in [0, 0.1) is 0 Å². The number of nitrogens with zero attached hydrogens (tertiary/aromatic N) is 5. The summed E-state index contributed by atoms with van der Waals surface area (Å²) in [6.07, 6.45) is 7.13. The van der Waals surface area contributed by atoms with Crippen LogP contribution >= 0.6 is 0 Å². The van der Waals surface area contributed by atoms with E-state index < -0.39 is 0 Å². The van der Waals surface area contributed by atoms with Crippen molar-refractivity contribution in [3.63, 3.8) is 0 Å². The SMILES string of the molecule is CN1CCC(n2cc(-c3ccc4c(c3)CCN4C(=O)Cc3cccc(CN)c3)c3c(N)ncnc32)CC1. The Bertz CT molecular complexity index is 1470. The largest absolute Gasteiger partial charge is 0.383 e. The molecule has 8 heteroatoms. The Balaban J connectivity index is 1.31. The van der Waals surface area contributed by atoms with Crippen LogP contribution < -0.4 is 16.4 Å². The highest BCUT2D eigenvalue weighted by Crippen LogP contribution is 2.39. The zero-order chi connectivity index (χ0) is 25.5. The minimum absolute atomic E-state index is 0.109. The summed E-state index contributed by atoms with van der Waals surface area (Å²) in [6.45, 7) is 3.30. The van der Waals surface area contributed by atoms with E-state index in [4.69, 9.17) is 11.5 Å². The molecule has 4 N–H and O–H groups in total. The second kappa shape index (κ2) is 9.61. The van der Waals surface area contributed by atoms with Gasteiger partial charge in [0.2, 0.25) is 5.91 Å². The standard InChI is InChI=1S/C29H33N7O/c1-34-10-8-23(9-11-34)36-17-24(27-28(31)32-18-33-29(27)36)21-5-6-25-22(15-21)7-12-35(25)26(37)14-19-3-2-4-20(13-19)16-30/h2-6,13,15,17-18,23H,7-12,14,16,30H2,1H3,(H2,31,32,33). The van der Waals surface area contributed by atoms with Gasteiger partial charge in [0.1, 0.15) is 17.8 Å². The number of anilines is 2. The highest BCUT2D eigenvalue weighted by atomic mass is 16.2. The molecule has 1 amide bonds. The maximum atomic E-state index is 13.2. The number of nitrogen functional groups attached to an aromatic ring is 1. The molecule has 2 aromatic heterocycles. The van der Waals surface area contributed by atoms with E-state index in [1.807, 2.05) is 29.2 Å². The van der Waals surface area contributed by atoms with Crippen molar-refractivity contribution < 1.29 is 4.79 Å². The number of hydrogen-bond donors (Lipinski definition) is 2. The van der Waals surface area contributed by atoms with Crippen LogP contribution in [0.5, 0.6) is 0 Å². The lowest BCUT2D eigenvalue weighted by molar-refractivity contribution is -0.117. The van der Waals surface area contributed by atoms with E-state index in [1.54, 1.807) is 6.33 Å². The van der Waals surface area contributed by atoms with Gasteiger partial charge in [0.15, 0.2) is 0 Å².